The van der Waals surface area contributed by atoms with Crippen LogP contribution in [0.15, 0.2) is 24.9 Å². The van der Waals surface area contributed by atoms with Gasteiger partial charge in [0.2, 0.25) is 5.91 Å². The largest absolute Gasteiger partial charge is 0.464 e. The minimum atomic E-state index is -0.629. The molecule has 0 aromatic carbocycles. The van der Waals surface area contributed by atoms with Crippen LogP contribution >= 0.6 is 0 Å². The molecule has 0 fully saturated rings. The van der Waals surface area contributed by atoms with E-state index in [0.29, 0.717) is 6.61 Å². The highest BCUT2D eigenvalue weighted by Crippen LogP contribution is 2.10. The summed E-state index contributed by atoms with van der Waals surface area (Å²) < 4.78 is 9.17. The molecule has 1 N–H and O–H groups in total. The summed E-state index contributed by atoms with van der Waals surface area (Å²) in [7, 11) is 1.22. The molecule has 0 unspecified atom stereocenters. The number of carbonyl (C=O) groups is 3. The van der Waals surface area contributed by atoms with Crippen LogP contribution in [-0.2, 0) is 23.9 Å². The van der Waals surface area contributed by atoms with Gasteiger partial charge in [-0.05, 0) is 6.42 Å². The average molecular weight is 384 g/mol. The molecule has 0 aromatic rings. The quantitative estimate of drug-likeness (QED) is 0.272. The predicted molar refractivity (Wildman–Crippen MR) is 108 cm³/mol. The lowest BCUT2D eigenvalue weighted by Crippen LogP contribution is -2.24. The number of esters is 2. The fourth-order valence-corrected chi connectivity index (χ4v) is 2.21. The zero-order chi connectivity index (χ0) is 20.9. The molecular formula is C21H37NO5. The smallest absolute Gasteiger partial charge is 0.353 e. The third-order valence-corrected chi connectivity index (χ3v) is 3.67. The Balaban J connectivity index is 0. The highest BCUT2D eigenvalue weighted by Gasteiger charge is 2.06. The van der Waals surface area contributed by atoms with Crippen molar-refractivity contribution in [1.29, 1.82) is 0 Å². The summed E-state index contributed by atoms with van der Waals surface area (Å²) >= 11 is 0. The number of amides is 1. The van der Waals surface area contributed by atoms with Gasteiger partial charge in [0.1, 0.15) is 5.70 Å². The molecule has 0 aliphatic heterocycles. The van der Waals surface area contributed by atoms with Crippen molar-refractivity contribution in [2.45, 2.75) is 78.1 Å². The van der Waals surface area contributed by atoms with Gasteiger partial charge in [-0.15, -0.1) is 0 Å². The standard InChI is InChI=1S/C15H28O2.C6H9NO3/c1-3-5-6-7-8-9-10-11-12-13-14-17-15(16)4-2;1-4(6(9)10-3)7-5(2)8/h4H,2-3,5-14H2,1H3;1H2,2-3H3,(H,7,8). The predicted octanol–water partition coefficient (Wildman–Crippen LogP) is 4.45. The first-order valence-corrected chi connectivity index (χ1v) is 9.73. The third-order valence-electron chi connectivity index (χ3n) is 3.67. The van der Waals surface area contributed by atoms with Gasteiger partial charge in [0, 0.05) is 13.0 Å². The second-order valence-corrected chi connectivity index (χ2v) is 6.20. The number of unbranched alkanes of at least 4 members (excludes halogenated alkanes) is 9. The number of hydrogen-bond acceptors (Lipinski definition) is 5. The summed E-state index contributed by atoms with van der Waals surface area (Å²) in [6.07, 6.45) is 14.2. The zero-order valence-electron chi connectivity index (χ0n) is 17.3. The fraction of sp³-hybridized carbons (Fsp3) is 0.667. The van der Waals surface area contributed by atoms with Gasteiger partial charge in [0.25, 0.3) is 0 Å². The van der Waals surface area contributed by atoms with Crippen LogP contribution in [0.2, 0.25) is 0 Å². The number of carbonyl (C=O) groups excluding carboxylic acids is 3. The maximum absolute atomic E-state index is 10.7. The van der Waals surface area contributed by atoms with Gasteiger partial charge in [0.05, 0.1) is 13.7 Å². The molecule has 6 heteroatoms. The minimum Gasteiger partial charge on any atom is -0.464 e. The van der Waals surface area contributed by atoms with Crippen molar-refractivity contribution < 1.29 is 23.9 Å². The molecule has 0 bridgehead atoms. The van der Waals surface area contributed by atoms with Crippen molar-refractivity contribution in [3.63, 3.8) is 0 Å². The number of ether oxygens (including phenoxy) is 2. The maximum atomic E-state index is 10.7. The Morgan fingerprint density at radius 1 is 0.926 bits per heavy atom. The molecule has 0 heterocycles. The summed E-state index contributed by atoms with van der Waals surface area (Å²) in [6, 6.07) is 0. The van der Waals surface area contributed by atoms with Crippen LogP contribution in [-0.4, -0.2) is 31.6 Å². The third kappa shape index (κ3) is 21.8. The second kappa shape index (κ2) is 20.2. The highest BCUT2D eigenvalue weighted by molar-refractivity contribution is 5.92. The SMILES string of the molecule is C=C(NC(C)=O)C(=O)OC.C=CC(=O)OCCCCCCCCCCCC. The van der Waals surface area contributed by atoms with Gasteiger partial charge in [0.15, 0.2) is 0 Å². The lowest BCUT2D eigenvalue weighted by Gasteiger charge is -2.03. The van der Waals surface area contributed by atoms with Crippen molar-refractivity contribution in [3.8, 4) is 0 Å². The molecule has 27 heavy (non-hydrogen) atoms. The molecule has 0 saturated carbocycles. The summed E-state index contributed by atoms with van der Waals surface area (Å²) in [6.45, 7) is 10.7. The summed E-state index contributed by atoms with van der Waals surface area (Å²) in [4.78, 5) is 31.5. The fourth-order valence-electron chi connectivity index (χ4n) is 2.21. The normalized spacial score (nSPS) is 9.44. The summed E-state index contributed by atoms with van der Waals surface area (Å²) in [5.74, 6) is -1.27. The monoisotopic (exact) mass is 383 g/mol. The zero-order valence-corrected chi connectivity index (χ0v) is 17.3. The second-order valence-electron chi connectivity index (χ2n) is 6.20. The molecular weight excluding hydrogens is 346 g/mol. The molecule has 0 radical (unpaired) electrons. The highest BCUT2D eigenvalue weighted by atomic mass is 16.5. The Bertz CT molecular complexity index is 446. The van der Waals surface area contributed by atoms with E-state index in [1.165, 1.54) is 77.9 Å². The molecule has 0 aliphatic rings. The molecule has 0 rings (SSSR count). The van der Waals surface area contributed by atoms with E-state index in [1.54, 1.807) is 0 Å². The lowest BCUT2D eigenvalue weighted by atomic mass is 10.1. The van der Waals surface area contributed by atoms with E-state index in [1.807, 2.05) is 0 Å². The number of nitrogens with one attached hydrogen (secondary N) is 1. The molecule has 1 amide bonds. The first-order valence-electron chi connectivity index (χ1n) is 9.73. The van der Waals surface area contributed by atoms with E-state index in [-0.39, 0.29) is 17.6 Å². The average Bonchev–Trinajstić information content (AvgIpc) is 2.65. The Morgan fingerprint density at radius 2 is 1.41 bits per heavy atom. The molecule has 0 aliphatic carbocycles. The Hall–Kier alpha value is -2.11. The van der Waals surface area contributed by atoms with Crippen LogP contribution in [0.25, 0.3) is 0 Å². The van der Waals surface area contributed by atoms with Gasteiger partial charge in [-0.2, -0.15) is 0 Å². The number of rotatable bonds is 14. The van der Waals surface area contributed by atoms with Crippen LogP contribution in [0.3, 0.4) is 0 Å². The van der Waals surface area contributed by atoms with Crippen molar-refractivity contribution in [2.75, 3.05) is 13.7 Å². The van der Waals surface area contributed by atoms with E-state index in [2.05, 4.69) is 30.1 Å². The van der Waals surface area contributed by atoms with Gasteiger partial charge in [-0.3, -0.25) is 4.79 Å². The molecule has 156 valence electrons. The topological polar surface area (TPSA) is 81.7 Å². The van der Waals surface area contributed by atoms with Crippen LogP contribution in [0.1, 0.15) is 78.1 Å². The molecule has 0 spiro atoms. The molecule has 0 atom stereocenters. The van der Waals surface area contributed by atoms with Crippen LogP contribution in [0.4, 0.5) is 0 Å². The lowest BCUT2D eigenvalue weighted by molar-refractivity contribution is -0.138. The van der Waals surface area contributed by atoms with Gasteiger partial charge in [-0.25, -0.2) is 9.59 Å². The summed E-state index contributed by atoms with van der Waals surface area (Å²) in [5.41, 5.74) is -0.0463. The number of hydrogen-bond donors (Lipinski definition) is 1. The molecule has 0 aromatic heterocycles. The number of methoxy groups -OCH3 is 1. The molecule has 6 nitrogen and oxygen atoms in total. The van der Waals surface area contributed by atoms with Crippen molar-refractivity contribution >= 4 is 17.8 Å². The van der Waals surface area contributed by atoms with Crippen LogP contribution in [0, 0.1) is 0 Å². The van der Waals surface area contributed by atoms with Crippen molar-refractivity contribution in [1.82, 2.24) is 5.32 Å². The van der Waals surface area contributed by atoms with Gasteiger partial charge in [-0.1, -0.05) is 77.9 Å². The van der Waals surface area contributed by atoms with E-state index in [0.717, 1.165) is 6.42 Å². The van der Waals surface area contributed by atoms with Crippen molar-refractivity contribution in [2.24, 2.45) is 0 Å². The maximum Gasteiger partial charge on any atom is 0.353 e. The molecule has 0 saturated heterocycles. The van der Waals surface area contributed by atoms with E-state index in [9.17, 15) is 14.4 Å². The van der Waals surface area contributed by atoms with Gasteiger partial charge >= 0.3 is 11.9 Å². The first kappa shape index (κ1) is 27.1. The van der Waals surface area contributed by atoms with E-state index < -0.39 is 5.97 Å². The Kier molecular flexibility index (Phi) is 20.3. The van der Waals surface area contributed by atoms with E-state index in [4.69, 9.17) is 4.74 Å². The van der Waals surface area contributed by atoms with Crippen LogP contribution in [0.5, 0.6) is 0 Å². The van der Waals surface area contributed by atoms with E-state index >= 15 is 0 Å². The van der Waals surface area contributed by atoms with Crippen molar-refractivity contribution in [3.05, 3.63) is 24.9 Å². The van der Waals surface area contributed by atoms with Gasteiger partial charge < -0.3 is 14.8 Å². The summed E-state index contributed by atoms with van der Waals surface area (Å²) in [5, 5.41) is 2.19. The Labute approximate surface area is 164 Å². The Morgan fingerprint density at radius 3 is 1.81 bits per heavy atom. The van der Waals surface area contributed by atoms with Crippen LogP contribution < -0.4 is 5.32 Å². The first-order chi connectivity index (χ1) is 12.9. The minimum absolute atomic E-state index is 0.0463.